The van der Waals surface area contributed by atoms with Gasteiger partial charge in [0.15, 0.2) is 5.60 Å². The minimum Gasteiger partial charge on any atom is -0.475 e. The third kappa shape index (κ3) is 1.97. The van der Waals surface area contributed by atoms with Gasteiger partial charge >= 0.3 is 0 Å². The van der Waals surface area contributed by atoms with E-state index in [1.54, 1.807) is 18.2 Å². The Bertz CT molecular complexity index is 509. The molecule has 1 aromatic rings. The number of carbonyl (C=O) groups excluding carboxylic acids is 2. The third-order valence-electron chi connectivity index (χ3n) is 3.32. The predicted octanol–water partition coefficient (Wildman–Crippen LogP) is 2.96. The van der Waals surface area contributed by atoms with E-state index in [1.807, 2.05) is 13.8 Å². The maximum atomic E-state index is 12.0. The van der Waals surface area contributed by atoms with E-state index in [1.165, 1.54) is 0 Å². The lowest BCUT2D eigenvalue weighted by Gasteiger charge is -2.36. The Kier molecular flexibility index (Phi) is 3.30. The van der Waals surface area contributed by atoms with Gasteiger partial charge in [0, 0.05) is 5.56 Å². The molecule has 2 rings (SSSR count). The highest BCUT2D eigenvalue weighted by Crippen LogP contribution is 2.37. The van der Waals surface area contributed by atoms with E-state index in [2.05, 4.69) is 5.32 Å². The zero-order valence-electron chi connectivity index (χ0n) is 10.2. The first-order valence-electron chi connectivity index (χ1n) is 5.86. The maximum absolute atomic E-state index is 12.0. The van der Waals surface area contributed by atoms with Crippen LogP contribution in [0, 0.1) is 0 Å². The van der Waals surface area contributed by atoms with Crippen LogP contribution in [0.15, 0.2) is 18.2 Å². The van der Waals surface area contributed by atoms with Crippen molar-refractivity contribution in [1.29, 1.82) is 0 Å². The van der Waals surface area contributed by atoms with E-state index in [0.717, 1.165) is 0 Å². The van der Waals surface area contributed by atoms with Crippen molar-refractivity contribution in [2.45, 2.75) is 32.3 Å². The summed E-state index contributed by atoms with van der Waals surface area (Å²) in [5, 5.41) is 2.26. The molecule has 0 unspecified atom stereocenters. The minimum absolute atomic E-state index is 0.148. The van der Waals surface area contributed by atoms with Gasteiger partial charge in [-0.15, -0.1) is 0 Å². The summed E-state index contributed by atoms with van der Waals surface area (Å²) >= 11 is 5.43. The molecule has 1 aromatic carbocycles. The van der Waals surface area contributed by atoms with Crippen molar-refractivity contribution in [3.63, 3.8) is 0 Å². The quantitative estimate of drug-likeness (QED) is 0.857. The topological polar surface area (TPSA) is 55.4 Å². The Morgan fingerprint density at radius 3 is 2.61 bits per heavy atom. The minimum atomic E-state index is -0.860. The number of carbonyl (C=O) groups is 2. The molecule has 1 N–H and O–H groups in total. The maximum Gasteiger partial charge on any atom is 0.268 e. The van der Waals surface area contributed by atoms with E-state index in [4.69, 9.17) is 16.3 Å². The van der Waals surface area contributed by atoms with Crippen molar-refractivity contribution in [1.82, 2.24) is 0 Å². The monoisotopic (exact) mass is 267 g/mol. The van der Waals surface area contributed by atoms with Gasteiger partial charge in [0.2, 0.25) is 0 Å². The van der Waals surface area contributed by atoms with Crippen LogP contribution in [-0.2, 0) is 4.79 Å². The molecule has 0 saturated heterocycles. The Hall–Kier alpha value is -1.55. The molecule has 0 spiro atoms. The van der Waals surface area contributed by atoms with E-state index in [-0.39, 0.29) is 5.91 Å². The second kappa shape index (κ2) is 4.61. The van der Waals surface area contributed by atoms with Crippen LogP contribution in [-0.4, -0.2) is 16.8 Å². The molecule has 5 heteroatoms. The fraction of sp³-hybridized carbons (Fsp3) is 0.385. The zero-order chi connectivity index (χ0) is 13.3. The molecule has 4 nitrogen and oxygen atoms in total. The Labute approximate surface area is 110 Å². The molecule has 0 fully saturated rings. The van der Waals surface area contributed by atoms with Gasteiger partial charge in [0.05, 0.1) is 5.69 Å². The summed E-state index contributed by atoms with van der Waals surface area (Å²) in [6.07, 6.45) is 1.13. The normalized spacial score (nSPS) is 16.5. The van der Waals surface area contributed by atoms with Gasteiger partial charge < -0.3 is 10.1 Å². The Morgan fingerprint density at radius 2 is 2.06 bits per heavy atom. The number of ether oxygens (including phenoxy) is 1. The van der Waals surface area contributed by atoms with E-state index in [0.29, 0.717) is 29.8 Å². The lowest BCUT2D eigenvalue weighted by molar-refractivity contribution is -0.133. The van der Waals surface area contributed by atoms with Crippen LogP contribution in [0.3, 0.4) is 0 Å². The SMILES string of the molecule is CCC1(CC)Oc2cc(C(=O)Cl)ccc2NC1=O. The molecule has 1 heterocycles. The van der Waals surface area contributed by atoms with E-state index < -0.39 is 10.8 Å². The molecule has 0 radical (unpaired) electrons. The Morgan fingerprint density at radius 1 is 1.39 bits per heavy atom. The summed E-state index contributed by atoms with van der Waals surface area (Å²) in [5.74, 6) is 0.342. The molecule has 0 aromatic heterocycles. The van der Waals surface area contributed by atoms with Crippen molar-refractivity contribution in [2.75, 3.05) is 5.32 Å². The molecule has 0 atom stereocenters. The number of halogens is 1. The van der Waals surface area contributed by atoms with E-state index >= 15 is 0 Å². The molecule has 0 saturated carbocycles. The zero-order valence-corrected chi connectivity index (χ0v) is 11.0. The predicted molar refractivity (Wildman–Crippen MR) is 69.2 cm³/mol. The van der Waals surface area contributed by atoms with Crippen LogP contribution in [0.25, 0.3) is 0 Å². The first kappa shape index (κ1) is 12.9. The molecule has 1 amide bonds. The smallest absolute Gasteiger partial charge is 0.268 e. The van der Waals surface area contributed by atoms with Crippen molar-refractivity contribution >= 4 is 28.4 Å². The van der Waals surface area contributed by atoms with Crippen LogP contribution in [0.2, 0.25) is 0 Å². The van der Waals surface area contributed by atoms with Crippen molar-refractivity contribution in [3.05, 3.63) is 23.8 Å². The number of amides is 1. The highest BCUT2D eigenvalue weighted by Gasteiger charge is 2.41. The summed E-state index contributed by atoms with van der Waals surface area (Å²) < 4.78 is 5.80. The average molecular weight is 268 g/mol. The molecule has 1 aliphatic rings. The molecule has 18 heavy (non-hydrogen) atoms. The second-order valence-electron chi connectivity index (χ2n) is 4.24. The van der Waals surface area contributed by atoms with E-state index in [9.17, 15) is 9.59 Å². The second-order valence-corrected chi connectivity index (χ2v) is 4.59. The fourth-order valence-electron chi connectivity index (χ4n) is 2.04. The van der Waals surface area contributed by atoms with Gasteiger partial charge in [-0.3, -0.25) is 9.59 Å². The number of rotatable bonds is 3. The molecular formula is C13H14ClNO3. The number of hydrogen-bond acceptors (Lipinski definition) is 3. The Balaban J connectivity index is 2.45. The fourth-order valence-corrected chi connectivity index (χ4v) is 2.16. The summed E-state index contributed by atoms with van der Waals surface area (Å²) in [5.41, 5.74) is 0.0629. The molecular weight excluding hydrogens is 254 g/mol. The van der Waals surface area contributed by atoms with Gasteiger partial charge in [-0.05, 0) is 42.6 Å². The highest BCUT2D eigenvalue weighted by atomic mass is 35.5. The summed E-state index contributed by atoms with van der Waals surface area (Å²) in [4.78, 5) is 23.1. The van der Waals surface area contributed by atoms with Crippen molar-refractivity contribution < 1.29 is 14.3 Å². The standard InChI is InChI=1S/C13H14ClNO3/c1-3-13(4-2)12(17)15-9-6-5-8(11(14)16)7-10(9)18-13/h5-7H,3-4H2,1-2H3,(H,15,17). The number of anilines is 1. The van der Waals surface area contributed by atoms with Gasteiger partial charge in [-0.1, -0.05) is 13.8 Å². The van der Waals surface area contributed by atoms with Gasteiger partial charge in [0.25, 0.3) is 11.1 Å². The molecule has 0 bridgehead atoms. The van der Waals surface area contributed by atoms with Gasteiger partial charge in [-0.25, -0.2) is 0 Å². The number of benzene rings is 1. The molecule has 0 aliphatic carbocycles. The van der Waals surface area contributed by atoms with Crippen LogP contribution in [0.5, 0.6) is 5.75 Å². The summed E-state index contributed by atoms with van der Waals surface area (Å²) in [6, 6.07) is 4.74. The lowest BCUT2D eigenvalue weighted by atomic mass is 9.94. The van der Waals surface area contributed by atoms with Crippen LogP contribution in [0.1, 0.15) is 37.0 Å². The number of fused-ring (bicyclic) bond motifs is 1. The number of nitrogens with one attached hydrogen (secondary N) is 1. The highest BCUT2D eigenvalue weighted by molar-refractivity contribution is 6.67. The summed E-state index contributed by atoms with van der Waals surface area (Å²) in [7, 11) is 0. The van der Waals surface area contributed by atoms with Gasteiger partial charge in [-0.2, -0.15) is 0 Å². The number of hydrogen-bond donors (Lipinski definition) is 1. The average Bonchev–Trinajstić information content (AvgIpc) is 2.37. The summed E-state index contributed by atoms with van der Waals surface area (Å²) in [6.45, 7) is 3.79. The van der Waals surface area contributed by atoms with Crippen molar-refractivity contribution in [3.8, 4) is 5.75 Å². The first-order chi connectivity index (χ1) is 8.52. The first-order valence-corrected chi connectivity index (χ1v) is 6.24. The largest absolute Gasteiger partial charge is 0.475 e. The van der Waals surface area contributed by atoms with Crippen LogP contribution in [0.4, 0.5) is 5.69 Å². The third-order valence-corrected chi connectivity index (χ3v) is 3.54. The van der Waals surface area contributed by atoms with Crippen molar-refractivity contribution in [2.24, 2.45) is 0 Å². The van der Waals surface area contributed by atoms with Gasteiger partial charge in [0.1, 0.15) is 5.75 Å². The van der Waals surface area contributed by atoms with Crippen LogP contribution < -0.4 is 10.1 Å². The molecule has 96 valence electrons. The lowest BCUT2D eigenvalue weighted by Crippen LogP contribution is -2.49. The molecule has 1 aliphatic heterocycles. The van der Waals surface area contributed by atoms with Crippen LogP contribution >= 0.6 is 11.6 Å².